The first kappa shape index (κ1) is 27.1. The highest BCUT2D eigenvalue weighted by Crippen LogP contribution is 2.10. The Morgan fingerprint density at radius 1 is 0.759 bits per heavy atom. The van der Waals surface area contributed by atoms with Gasteiger partial charge in [0.05, 0.1) is 12.0 Å². The Labute approximate surface area is 176 Å². The van der Waals surface area contributed by atoms with Gasteiger partial charge in [-0.25, -0.2) is 0 Å². The molecule has 0 fully saturated rings. The standard InChI is InChI=1S/C23H41NO5/c1-2-3-4-5-6-7-8-9-10-11-12-13-14-15-16-17-21(25)24-20(23(28)29)18-19-22(26)27/h9-10,20H,2-8,11-19H2,1H3,(H,24,25)(H,26,27)(H,28,29)/p-2/b10-9-/t20-/m0/s1. The molecular formula is C23H39NO5-2. The third kappa shape index (κ3) is 19.2. The third-order valence-corrected chi connectivity index (χ3v) is 4.92. The van der Waals surface area contributed by atoms with Gasteiger partial charge in [0.2, 0.25) is 5.91 Å². The number of amides is 1. The topological polar surface area (TPSA) is 109 Å². The van der Waals surface area contributed by atoms with E-state index >= 15 is 0 Å². The number of carbonyl (C=O) groups excluding carboxylic acids is 3. The molecule has 0 bridgehead atoms. The Morgan fingerprint density at radius 3 is 1.79 bits per heavy atom. The number of carboxylic acids is 2. The van der Waals surface area contributed by atoms with Gasteiger partial charge in [-0.3, -0.25) is 4.79 Å². The number of unbranched alkanes of at least 4 members (excludes halogenated alkanes) is 11. The molecule has 1 N–H and O–H groups in total. The molecule has 168 valence electrons. The lowest BCUT2D eigenvalue weighted by atomic mass is 10.1. The summed E-state index contributed by atoms with van der Waals surface area (Å²) in [6, 6.07) is -1.27. The maximum absolute atomic E-state index is 11.8. The van der Waals surface area contributed by atoms with E-state index < -0.39 is 24.4 Å². The molecular weight excluding hydrogens is 370 g/mol. The van der Waals surface area contributed by atoms with Crippen LogP contribution in [0.25, 0.3) is 0 Å². The van der Waals surface area contributed by atoms with Gasteiger partial charge in [0.1, 0.15) is 0 Å². The second-order valence-electron chi connectivity index (χ2n) is 7.68. The van der Waals surface area contributed by atoms with Crippen LogP contribution < -0.4 is 15.5 Å². The van der Waals surface area contributed by atoms with Crippen LogP contribution in [-0.2, 0) is 14.4 Å². The summed E-state index contributed by atoms with van der Waals surface area (Å²) in [4.78, 5) is 33.1. The smallest absolute Gasteiger partial charge is 0.220 e. The monoisotopic (exact) mass is 409 g/mol. The number of aliphatic carboxylic acids is 2. The summed E-state index contributed by atoms with van der Waals surface area (Å²) < 4.78 is 0. The number of allylic oxidation sites excluding steroid dienone is 2. The minimum Gasteiger partial charge on any atom is -0.550 e. The maximum atomic E-state index is 11.8. The third-order valence-electron chi connectivity index (χ3n) is 4.92. The maximum Gasteiger partial charge on any atom is 0.220 e. The number of rotatable bonds is 20. The van der Waals surface area contributed by atoms with Crippen LogP contribution in [0, 0.1) is 0 Å². The van der Waals surface area contributed by atoms with Crippen molar-refractivity contribution in [1.29, 1.82) is 0 Å². The van der Waals surface area contributed by atoms with E-state index in [0.29, 0.717) is 6.42 Å². The van der Waals surface area contributed by atoms with Crippen molar-refractivity contribution < 1.29 is 24.6 Å². The number of hydrogen-bond donors (Lipinski definition) is 1. The second kappa shape index (κ2) is 19.5. The number of carbonyl (C=O) groups is 3. The first-order chi connectivity index (χ1) is 14.0. The van der Waals surface area contributed by atoms with Crippen LogP contribution in [0.5, 0.6) is 0 Å². The molecule has 0 aromatic heterocycles. The van der Waals surface area contributed by atoms with Gasteiger partial charge >= 0.3 is 0 Å². The molecule has 1 atom stereocenters. The fraction of sp³-hybridized carbons (Fsp3) is 0.783. The van der Waals surface area contributed by atoms with E-state index in [1.807, 2.05) is 0 Å². The highest BCUT2D eigenvalue weighted by molar-refractivity contribution is 5.83. The lowest BCUT2D eigenvalue weighted by Gasteiger charge is -2.19. The highest BCUT2D eigenvalue weighted by atomic mass is 16.4. The van der Waals surface area contributed by atoms with Crippen molar-refractivity contribution in [3.8, 4) is 0 Å². The summed E-state index contributed by atoms with van der Waals surface area (Å²) in [7, 11) is 0. The van der Waals surface area contributed by atoms with Crippen LogP contribution in [0.3, 0.4) is 0 Å². The number of nitrogens with one attached hydrogen (secondary N) is 1. The molecule has 0 aromatic carbocycles. The fourth-order valence-electron chi connectivity index (χ4n) is 3.13. The summed E-state index contributed by atoms with van der Waals surface area (Å²) in [5.74, 6) is -3.19. The van der Waals surface area contributed by atoms with Gasteiger partial charge in [-0.15, -0.1) is 0 Å². The van der Waals surface area contributed by atoms with Crippen molar-refractivity contribution in [2.75, 3.05) is 0 Å². The Kier molecular flexibility index (Phi) is 18.2. The normalized spacial score (nSPS) is 12.2. The molecule has 6 nitrogen and oxygen atoms in total. The van der Waals surface area contributed by atoms with Crippen molar-refractivity contribution in [2.45, 2.75) is 116 Å². The van der Waals surface area contributed by atoms with Crippen molar-refractivity contribution in [1.82, 2.24) is 5.32 Å². The van der Waals surface area contributed by atoms with E-state index in [-0.39, 0.29) is 18.7 Å². The summed E-state index contributed by atoms with van der Waals surface area (Å²) in [6.45, 7) is 2.24. The van der Waals surface area contributed by atoms with Gasteiger partial charge in [0.15, 0.2) is 0 Å². The zero-order valence-corrected chi connectivity index (χ0v) is 18.1. The van der Waals surface area contributed by atoms with Gasteiger partial charge in [-0.05, 0) is 44.9 Å². The first-order valence-electron chi connectivity index (χ1n) is 11.3. The quantitative estimate of drug-likeness (QED) is 0.246. The van der Waals surface area contributed by atoms with Crippen LogP contribution in [0.4, 0.5) is 0 Å². The van der Waals surface area contributed by atoms with Gasteiger partial charge in [0.25, 0.3) is 0 Å². The van der Waals surface area contributed by atoms with Gasteiger partial charge in [-0.1, -0.05) is 70.4 Å². The molecule has 29 heavy (non-hydrogen) atoms. The van der Waals surface area contributed by atoms with Crippen LogP contribution in [0.2, 0.25) is 0 Å². The molecule has 0 saturated heterocycles. The minimum absolute atomic E-state index is 0.219. The van der Waals surface area contributed by atoms with Crippen LogP contribution >= 0.6 is 0 Å². The van der Waals surface area contributed by atoms with Crippen molar-refractivity contribution in [2.24, 2.45) is 0 Å². The minimum atomic E-state index is -1.47. The summed E-state index contributed by atoms with van der Waals surface area (Å²) in [5.41, 5.74) is 0. The van der Waals surface area contributed by atoms with E-state index in [2.05, 4.69) is 24.4 Å². The number of hydrogen-bond acceptors (Lipinski definition) is 5. The first-order valence-corrected chi connectivity index (χ1v) is 11.3. The zero-order chi connectivity index (χ0) is 21.7. The second-order valence-corrected chi connectivity index (χ2v) is 7.68. The predicted molar refractivity (Wildman–Crippen MR) is 111 cm³/mol. The largest absolute Gasteiger partial charge is 0.550 e. The van der Waals surface area contributed by atoms with Crippen molar-refractivity contribution >= 4 is 17.8 Å². The lowest BCUT2D eigenvalue weighted by Crippen LogP contribution is -2.48. The van der Waals surface area contributed by atoms with Gasteiger partial charge in [0, 0.05) is 12.4 Å². The van der Waals surface area contributed by atoms with E-state index in [0.717, 1.165) is 32.1 Å². The van der Waals surface area contributed by atoms with E-state index in [1.165, 1.54) is 44.9 Å². The molecule has 0 spiro atoms. The molecule has 0 radical (unpaired) electrons. The lowest BCUT2D eigenvalue weighted by molar-refractivity contribution is -0.310. The van der Waals surface area contributed by atoms with Crippen LogP contribution in [0.15, 0.2) is 12.2 Å². The summed E-state index contributed by atoms with van der Waals surface area (Å²) in [6.07, 6.45) is 19.4. The molecule has 6 heteroatoms. The molecule has 0 saturated carbocycles. The predicted octanol–water partition coefficient (Wildman–Crippen LogP) is 2.79. The molecule has 1 amide bonds. The van der Waals surface area contributed by atoms with Crippen molar-refractivity contribution in [3.63, 3.8) is 0 Å². The Morgan fingerprint density at radius 2 is 1.28 bits per heavy atom. The average molecular weight is 410 g/mol. The Balaban J connectivity index is 3.54. The van der Waals surface area contributed by atoms with E-state index in [4.69, 9.17) is 0 Å². The van der Waals surface area contributed by atoms with E-state index in [1.54, 1.807) is 0 Å². The Bertz CT molecular complexity index is 476. The molecule has 0 heterocycles. The van der Waals surface area contributed by atoms with Crippen LogP contribution in [0.1, 0.15) is 110 Å². The van der Waals surface area contributed by atoms with Crippen LogP contribution in [-0.4, -0.2) is 23.9 Å². The molecule has 0 unspecified atom stereocenters. The zero-order valence-electron chi connectivity index (χ0n) is 18.1. The molecule has 0 aliphatic carbocycles. The van der Waals surface area contributed by atoms with Crippen molar-refractivity contribution in [3.05, 3.63) is 12.2 Å². The van der Waals surface area contributed by atoms with E-state index in [9.17, 15) is 24.6 Å². The van der Waals surface area contributed by atoms with Gasteiger partial charge < -0.3 is 25.1 Å². The average Bonchev–Trinajstić information content (AvgIpc) is 2.67. The van der Waals surface area contributed by atoms with Gasteiger partial charge in [-0.2, -0.15) is 0 Å². The molecule has 0 aliphatic heterocycles. The molecule has 0 aliphatic rings. The molecule has 0 aromatic rings. The summed E-state index contributed by atoms with van der Waals surface area (Å²) in [5, 5.41) is 23.6. The summed E-state index contributed by atoms with van der Waals surface area (Å²) >= 11 is 0. The molecule has 0 rings (SSSR count). The SMILES string of the molecule is CCCCCCCC/C=C\CCCCCCCC(=O)N[C@@H](CCC(=O)[O-])C(=O)[O-]. The highest BCUT2D eigenvalue weighted by Gasteiger charge is 2.13. The Hall–Kier alpha value is -1.85. The fourth-order valence-corrected chi connectivity index (χ4v) is 3.13. The number of carboxylic acid groups (broad SMARTS) is 2.